The molecule has 1 aliphatic carbocycles. The largest absolute Gasteiger partial charge is 0.491 e. The lowest BCUT2D eigenvalue weighted by Crippen LogP contribution is -2.21. The minimum absolute atomic E-state index is 0.0810. The lowest BCUT2D eigenvalue weighted by atomic mass is 9.89. The molecule has 28 heavy (non-hydrogen) atoms. The lowest BCUT2D eigenvalue weighted by molar-refractivity contribution is 0.120. The molecule has 156 valence electrons. The van der Waals surface area contributed by atoms with Crippen LogP contribution >= 0.6 is 11.6 Å². The number of rotatable bonds is 11. The second kappa shape index (κ2) is 12.2. The molecule has 1 aromatic carbocycles. The Hall–Kier alpha value is -1.37. The molecule has 0 saturated heterocycles. The summed E-state index contributed by atoms with van der Waals surface area (Å²) in [4.78, 5) is 0. The van der Waals surface area contributed by atoms with Crippen LogP contribution in [0.25, 0.3) is 0 Å². The van der Waals surface area contributed by atoms with Crippen molar-refractivity contribution in [2.24, 2.45) is 11.8 Å². The van der Waals surface area contributed by atoms with Gasteiger partial charge in [0.25, 0.3) is 0 Å². The zero-order chi connectivity index (χ0) is 20.4. The average Bonchev–Trinajstić information content (AvgIpc) is 2.94. The van der Waals surface area contributed by atoms with Crippen molar-refractivity contribution in [3.63, 3.8) is 0 Å². The third kappa shape index (κ3) is 7.57. The summed E-state index contributed by atoms with van der Waals surface area (Å²) in [6.45, 7) is 0.287. The van der Waals surface area contributed by atoms with Crippen molar-refractivity contribution in [3.05, 3.63) is 53.6 Å². The number of benzene rings is 1. The molecule has 6 heteroatoms. The number of aliphatic hydroxyl groups excluding tert-OH is 4. The Balaban J connectivity index is 1.84. The van der Waals surface area contributed by atoms with Crippen molar-refractivity contribution in [2.75, 3.05) is 13.2 Å². The van der Waals surface area contributed by atoms with E-state index in [4.69, 9.17) is 21.4 Å². The number of aliphatic hydroxyl groups is 4. The third-order valence-corrected chi connectivity index (χ3v) is 5.28. The summed E-state index contributed by atoms with van der Waals surface area (Å²) in [6, 6.07) is 6.97. The maximum atomic E-state index is 10.3. The number of halogens is 1. The molecule has 4 N–H and O–H groups in total. The van der Waals surface area contributed by atoms with Crippen LogP contribution in [0.1, 0.15) is 32.1 Å². The molecule has 1 fully saturated rings. The number of ether oxygens (including phenoxy) is 1. The highest BCUT2D eigenvalue weighted by Crippen LogP contribution is 2.36. The van der Waals surface area contributed by atoms with Gasteiger partial charge in [-0.3, -0.25) is 0 Å². The van der Waals surface area contributed by atoms with Gasteiger partial charge in [0.15, 0.2) is 0 Å². The van der Waals surface area contributed by atoms with Gasteiger partial charge in [-0.05, 0) is 49.8 Å². The fourth-order valence-electron chi connectivity index (χ4n) is 3.50. The van der Waals surface area contributed by atoms with Gasteiger partial charge in [0.2, 0.25) is 0 Å². The van der Waals surface area contributed by atoms with E-state index in [2.05, 4.69) is 6.08 Å². The van der Waals surface area contributed by atoms with E-state index in [1.54, 1.807) is 36.4 Å². The van der Waals surface area contributed by atoms with Gasteiger partial charge in [-0.1, -0.05) is 42.0 Å². The van der Waals surface area contributed by atoms with Crippen LogP contribution in [0.2, 0.25) is 5.02 Å². The van der Waals surface area contributed by atoms with Crippen LogP contribution in [0.4, 0.5) is 0 Å². The maximum Gasteiger partial charge on any atom is 0.120 e. The summed E-state index contributed by atoms with van der Waals surface area (Å²) >= 11 is 5.91. The molecule has 1 aromatic rings. The van der Waals surface area contributed by atoms with Gasteiger partial charge >= 0.3 is 0 Å². The normalized spacial score (nSPS) is 26.3. The summed E-state index contributed by atoms with van der Waals surface area (Å²) < 4.78 is 5.52. The average molecular weight is 411 g/mol. The summed E-state index contributed by atoms with van der Waals surface area (Å²) in [6.07, 6.45) is 9.11. The van der Waals surface area contributed by atoms with Gasteiger partial charge < -0.3 is 25.2 Å². The first-order valence-corrected chi connectivity index (χ1v) is 10.3. The van der Waals surface area contributed by atoms with Crippen LogP contribution in [-0.4, -0.2) is 52.0 Å². The smallest absolute Gasteiger partial charge is 0.120 e. The van der Waals surface area contributed by atoms with Crippen LogP contribution in [0.3, 0.4) is 0 Å². The predicted molar refractivity (Wildman–Crippen MR) is 110 cm³/mol. The maximum absolute atomic E-state index is 10.3. The van der Waals surface area contributed by atoms with Gasteiger partial charge in [-0.2, -0.15) is 0 Å². The van der Waals surface area contributed by atoms with Crippen molar-refractivity contribution in [2.45, 2.75) is 50.4 Å². The minimum Gasteiger partial charge on any atom is -0.491 e. The van der Waals surface area contributed by atoms with Gasteiger partial charge in [0.05, 0.1) is 12.2 Å². The monoisotopic (exact) mass is 410 g/mol. The van der Waals surface area contributed by atoms with E-state index in [0.717, 1.165) is 19.3 Å². The standard InChI is InChI=1S/C22H31ClO5/c23-16-7-6-8-18(13-16)28-15-17(25)10-11-20-19(21(26)14-22(20)27)9-4-2-1-3-5-12-24/h2,4,6-8,10-11,13,17,19-22,24-27H,1,3,5,9,12,14-15H2/b4-2-,11-10+/t17?,19-,20-,21?,22?/m1/s1. The van der Waals surface area contributed by atoms with Gasteiger partial charge in [0, 0.05) is 24.0 Å². The fraction of sp³-hybridized carbons (Fsp3) is 0.545. The first kappa shape index (κ1) is 22.9. The van der Waals surface area contributed by atoms with E-state index in [9.17, 15) is 15.3 Å². The Morgan fingerprint density at radius 1 is 1.18 bits per heavy atom. The van der Waals surface area contributed by atoms with Crippen molar-refractivity contribution < 1.29 is 25.2 Å². The van der Waals surface area contributed by atoms with E-state index >= 15 is 0 Å². The van der Waals surface area contributed by atoms with E-state index in [1.165, 1.54) is 0 Å². The Morgan fingerprint density at radius 2 is 2.00 bits per heavy atom. The quantitative estimate of drug-likeness (QED) is 0.332. The first-order chi connectivity index (χ1) is 13.5. The number of hydrogen-bond acceptors (Lipinski definition) is 5. The van der Waals surface area contributed by atoms with Crippen LogP contribution in [0, 0.1) is 11.8 Å². The number of hydrogen-bond donors (Lipinski definition) is 4. The van der Waals surface area contributed by atoms with E-state index < -0.39 is 18.3 Å². The van der Waals surface area contributed by atoms with Crippen molar-refractivity contribution in [1.82, 2.24) is 0 Å². The van der Waals surface area contributed by atoms with Crippen molar-refractivity contribution >= 4 is 11.6 Å². The highest BCUT2D eigenvalue weighted by molar-refractivity contribution is 6.30. The zero-order valence-electron chi connectivity index (χ0n) is 16.0. The summed E-state index contributed by atoms with van der Waals surface area (Å²) in [5.74, 6) is 0.291. The zero-order valence-corrected chi connectivity index (χ0v) is 16.8. The van der Waals surface area contributed by atoms with Crippen molar-refractivity contribution in [3.8, 4) is 5.75 Å². The molecular formula is C22H31ClO5. The molecule has 2 rings (SSSR count). The van der Waals surface area contributed by atoms with Gasteiger partial charge in [-0.15, -0.1) is 0 Å². The molecule has 0 aliphatic heterocycles. The van der Waals surface area contributed by atoms with Gasteiger partial charge in [-0.25, -0.2) is 0 Å². The minimum atomic E-state index is -0.821. The van der Waals surface area contributed by atoms with E-state index in [0.29, 0.717) is 23.6 Å². The topological polar surface area (TPSA) is 90.2 Å². The second-order valence-electron chi connectivity index (χ2n) is 7.26. The van der Waals surface area contributed by atoms with E-state index in [-0.39, 0.29) is 25.0 Å². The molecule has 1 aliphatic rings. The first-order valence-electron chi connectivity index (χ1n) is 9.88. The number of unbranched alkanes of at least 4 members (excludes halogenated alkanes) is 2. The summed E-state index contributed by atoms with van der Waals surface area (Å²) in [5, 5.41) is 40.0. The fourth-order valence-corrected chi connectivity index (χ4v) is 3.68. The van der Waals surface area contributed by atoms with Gasteiger partial charge in [0.1, 0.15) is 18.5 Å². The van der Waals surface area contributed by atoms with Crippen molar-refractivity contribution in [1.29, 1.82) is 0 Å². The Morgan fingerprint density at radius 3 is 2.75 bits per heavy atom. The second-order valence-corrected chi connectivity index (χ2v) is 7.70. The van der Waals surface area contributed by atoms with Crippen LogP contribution < -0.4 is 4.74 Å². The van der Waals surface area contributed by atoms with E-state index in [1.807, 2.05) is 6.08 Å². The molecule has 5 atom stereocenters. The summed E-state index contributed by atoms with van der Waals surface area (Å²) in [5.41, 5.74) is 0. The van der Waals surface area contributed by atoms with Crippen LogP contribution in [0.15, 0.2) is 48.6 Å². The SMILES string of the molecule is OCCCC/C=C\C[C@H]1C(O)CC(O)[C@@H]1/C=C/C(O)COc1cccc(Cl)c1. The highest BCUT2D eigenvalue weighted by atomic mass is 35.5. The van der Waals surface area contributed by atoms with Crippen LogP contribution in [0.5, 0.6) is 5.75 Å². The lowest BCUT2D eigenvalue weighted by Gasteiger charge is -2.19. The molecule has 0 amide bonds. The Bertz CT molecular complexity index is 633. The molecule has 0 radical (unpaired) electrons. The molecule has 0 aromatic heterocycles. The predicted octanol–water partition coefficient (Wildman–Crippen LogP) is 3.10. The molecular weight excluding hydrogens is 380 g/mol. The molecule has 3 unspecified atom stereocenters. The molecule has 0 heterocycles. The molecule has 0 bridgehead atoms. The summed E-state index contributed by atoms with van der Waals surface area (Å²) in [7, 11) is 0. The Kier molecular flexibility index (Phi) is 10.0. The molecule has 0 spiro atoms. The molecule has 1 saturated carbocycles. The van der Waals surface area contributed by atoms with Crippen LogP contribution in [-0.2, 0) is 0 Å². The Labute approximate surface area is 171 Å². The molecule has 5 nitrogen and oxygen atoms in total. The highest BCUT2D eigenvalue weighted by Gasteiger charge is 2.39. The number of allylic oxidation sites excluding steroid dienone is 2. The third-order valence-electron chi connectivity index (χ3n) is 5.04.